The zero-order valence-electron chi connectivity index (χ0n) is 10.1. The van der Waals surface area contributed by atoms with Gasteiger partial charge in [-0.1, -0.05) is 0 Å². The van der Waals surface area contributed by atoms with Gasteiger partial charge < -0.3 is 15.4 Å². The maximum atomic E-state index is 11.7. The van der Waals surface area contributed by atoms with Crippen LogP contribution in [0, 0.1) is 0 Å². The average molecular weight is 236 g/mol. The van der Waals surface area contributed by atoms with Crippen molar-refractivity contribution in [2.24, 2.45) is 0 Å². The van der Waals surface area contributed by atoms with Gasteiger partial charge in [0.2, 0.25) is 0 Å². The molecular formula is C12H16N2O3. The molecule has 1 atom stereocenters. The molecule has 0 aliphatic rings. The monoisotopic (exact) mass is 236 g/mol. The Balaban J connectivity index is 2.66. The molecule has 0 radical (unpaired) electrons. The van der Waals surface area contributed by atoms with Crippen LogP contribution in [0.5, 0.6) is 0 Å². The van der Waals surface area contributed by atoms with Crippen LogP contribution in [0.1, 0.15) is 17.3 Å². The highest BCUT2D eigenvalue weighted by Crippen LogP contribution is 2.08. The Morgan fingerprint density at radius 3 is 2.24 bits per heavy atom. The zero-order valence-corrected chi connectivity index (χ0v) is 10.1. The van der Waals surface area contributed by atoms with Gasteiger partial charge in [-0.05, 0) is 31.2 Å². The molecule has 17 heavy (non-hydrogen) atoms. The molecule has 0 unspecified atom stereocenters. The van der Waals surface area contributed by atoms with Gasteiger partial charge in [0.05, 0.1) is 5.56 Å². The van der Waals surface area contributed by atoms with Crippen molar-refractivity contribution in [3.8, 4) is 0 Å². The highest BCUT2D eigenvalue weighted by atomic mass is 16.5. The molecule has 1 aromatic carbocycles. The smallest absolute Gasteiger partial charge is 0.338 e. The van der Waals surface area contributed by atoms with E-state index in [1.54, 1.807) is 38.4 Å². The Kier molecular flexibility index (Phi) is 4.09. The van der Waals surface area contributed by atoms with Crippen molar-refractivity contribution in [3.63, 3.8) is 0 Å². The predicted octanol–water partition coefficient (Wildman–Crippen LogP) is 0.902. The van der Waals surface area contributed by atoms with Gasteiger partial charge in [-0.2, -0.15) is 0 Å². The predicted molar refractivity (Wildman–Crippen MR) is 64.4 cm³/mol. The van der Waals surface area contributed by atoms with Gasteiger partial charge in [0.15, 0.2) is 6.10 Å². The molecular weight excluding hydrogens is 220 g/mol. The molecule has 92 valence electrons. The van der Waals surface area contributed by atoms with Crippen molar-refractivity contribution in [2.45, 2.75) is 13.0 Å². The second-order valence-corrected chi connectivity index (χ2v) is 3.90. The number of likely N-dealkylation sites (N-methyl/N-ethyl adjacent to an activating group) is 1. The third kappa shape index (κ3) is 3.48. The number of hydrogen-bond donors (Lipinski definition) is 1. The van der Waals surface area contributed by atoms with E-state index in [4.69, 9.17) is 10.5 Å². The number of benzene rings is 1. The standard InChI is InChI=1S/C12H16N2O3/c1-8(11(15)14(2)3)17-12(16)9-4-6-10(13)7-5-9/h4-8H,13H2,1-3H3/t8-/m1/s1. The van der Waals surface area contributed by atoms with E-state index >= 15 is 0 Å². The maximum Gasteiger partial charge on any atom is 0.338 e. The lowest BCUT2D eigenvalue weighted by Gasteiger charge is -2.17. The zero-order chi connectivity index (χ0) is 13.0. The molecule has 0 aromatic heterocycles. The number of nitrogens with zero attached hydrogens (tertiary/aromatic N) is 1. The third-order valence-corrected chi connectivity index (χ3v) is 2.22. The molecule has 0 spiro atoms. The largest absolute Gasteiger partial charge is 0.449 e. The fraction of sp³-hybridized carbons (Fsp3) is 0.333. The lowest BCUT2D eigenvalue weighted by Crippen LogP contribution is -2.34. The minimum absolute atomic E-state index is 0.256. The number of hydrogen-bond acceptors (Lipinski definition) is 4. The minimum Gasteiger partial charge on any atom is -0.449 e. The van der Waals surface area contributed by atoms with E-state index < -0.39 is 12.1 Å². The molecule has 0 heterocycles. The summed E-state index contributed by atoms with van der Waals surface area (Å²) in [7, 11) is 3.21. The van der Waals surface area contributed by atoms with E-state index in [1.165, 1.54) is 11.8 Å². The van der Waals surface area contributed by atoms with Crippen molar-refractivity contribution in [3.05, 3.63) is 29.8 Å². The first-order chi connectivity index (χ1) is 7.91. The Labute approximate surface area is 100 Å². The lowest BCUT2D eigenvalue weighted by molar-refractivity contribution is -0.137. The molecule has 1 aromatic rings. The topological polar surface area (TPSA) is 72.6 Å². The lowest BCUT2D eigenvalue weighted by atomic mass is 10.2. The van der Waals surface area contributed by atoms with Crippen LogP contribution in [-0.4, -0.2) is 37.0 Å². The van der Waals surface area contributed by atoms with Crippen LogP contribution < -0.4 is 5.73 Å². The third-order valence-electron chi connectivity index (χ3n) is 2.22. The summed E-state index contributed by atoms with van der Waals surface area (Å²) in [6.07, 6.45) is -0.796. The normalized spacial score (nSPS) is 11.7. The second-order valence-electron chi connectivity index (χ2n) is 3.90. The van der Waals surface area contributed by atoms with E-state index in [0.717, 1.165) is 0 Å². The quantitative estimate of drug-likeness (QED) is 0.625. The molecule has 0 bridgehead atoms. The number of ether oxygens (including phenoxy) is 1. The number of anilines is 1. The van der Waals surface area contributed by atoms with E-state index in [0.29, 0.717) is 11.3 Å². The van der Waals surface area contributed by atoms with Gasteiger partial charge in [0.25, 0.3) is 5.91 Å². The molecule has 2 N–H and O–H groups in total. The van der Waals surface area contributed by atoms with E-state index in [1.807, 2.05) is 0 Å². The maximum absolute atomic E-state index is 11.7. The molecule has 5 nitrogen and oxygen atoms in total. The Morgan fingerprint density at radius 2 is 1.76 bits per heavy atom. The van der Waals surface area contributed by atoms with Gasteiger partial charge >= 0.3 is 5.97 Å². The highest BCUT2D eigenvalue weighted by molar-refractivity contribution is 5.92. The summed E-state index contributed by atoms with van der Waals surface area (Å²) in [6.45, 7) is 1.54. The number of rotatable bonds is 3. The van der Waals surface area contributed by atoms with Crippen LogP contribution >= 0.6 is 0 Å². The molecule has 0 aliphatic carbocycles. The summed E-state index contributed by atoms with van der Waals surface area (Å²) in [5, 5.41) is 0. The van der Waals surface area contributed by atoms with Crippen LogP contribution in [0.15, 0.2) is 24.3 Å². The molecule has 0 fully saturated rings. The fourth-order valence-corrected chi connectivity index (χ4v) is 1.26. The SMILES string of the molecule is C[C@@H](OC(=O)c1ccc(N)cc1)C(=O)N(C)C. The van der Waals surface area contributed by atoms with E-state index in [9.17, 15) is 9.59 Å². The minimum atomic E-state index is -0.796. The fourth-order valence-electron chi connectivity index (χ4n) is 1.26. The first kappa shape index (κ1) is 13.0. The van der Waals surface area contributed by atoms with Crippen LogP contribution in [0.3, 0.4) is 0 Å². The summed E-state index contributed by atoms with van der Waals surface area (Å²) in [5.74, 6) is -0.790. The number of amides is 1. The van der Waals surface area contributed by atoms with Crippen molar-refractivity contribution in [1.82, 2.24) is 4.90 Å². The van der Waals surface area contributed by atoms with Gasteiger partial charge in [0.1, 0.15) is 0 Å². The molecule has 1 amide bonds. The van der Waals surface area contributed by atoms with Crippen molar-refractivity contribution >= 4 is 17.6 Å². The van der Waals surface area contributed by atoms with E-state index in [2.05, 4.69) is 0 Å². The average Bonchev–Trinajstić information content (AvgIpc) is 2.28. The Hall–Kier alpha value is -2.04. The summed E-state index contributed by atoms with van der Waals surface area (Å²) in [5.41, 5.74) is 6.44. The first-order valence-corrected chi connectivity index (χ1v) is 5.19. The van der Waals surface area contributed by atoms with Gasteiger partial charge in [-0.25, -0.2) is 4.79 Å². The van der Waals surface area contributed by atoms with Crippen LogP contribution in [-0.2, 0) is 9.53 Å². The second kappa shape index (κ2) is 5.34. The molecule has 1 rings (SSSR count). The molecule has 0 aliphatic heterocycles. The Morgan fingerprint density at radius 1 is 1.24 bits per heavy atom. The summed E-state index contributed by atoms with van der Waals surface area (Å²) in [4.78, 5) is 24.5. The van der Waals surface area contributed by atoms with Crippen molar-refractivity contribution in [2.75, 3.05) is 19.8 Å². The molecule has 0 saturated carbocycles. The summed E-state index contributed by atoms with van der Waals surface area (Å²) < 4.78 is 5.03. The number of carbonyl (C=O) groups is 2. The van der Waals surface area contributed by atoms with Gasteiger partial charge in [-0.15, -0.1) is 0 Å². The number of nitrogen functional groups attached to an aromatic ring is 1. The van der Waals surface area contributed by atoms with Crippen molar-refractivity contribution in [1.29, 1.82) is 0 Å². The number of esters is 1. The van der Waals surface area contributed by atoms with E-state index in [-0.39, 0.29) is 5.91 Å². The van der Waals surface area contributed by atoms with Gasteiger partial charge in [0, 0.05) is 19.8 Å². The Bertz CT molecular complexity index is 412. The highest BCUT2D eigenvalue weighted by Gasteiger charge is 2.19. The van der Waals surface area contributed by atoms with Crippen LogP contribution in [0.25, 0.3) is 0 Å². The molecule has 0 saturated heterocycles. The van der Waals surface area contributed by atoms with Crippen LogP contribution in [0.4, 0.5) is 5.69 Å². The van der Waals surface area contributed by atoms with Crippen LogP contribution in [0.2, 0.25) is 0 Å². The van der Waals surface area contributed by atoms with Crippen molar-refractivity contribution < 1.29 is 14.3 Å². The summed E-state index contributed by atoms with van der Waals surface area (Å²) >= 11 is 0. The first-order valence-electron chi connectivity index (χ1n) is 5.19. The van der Waals surface area contributed by atoms with Gasteiger partial charge in [-0.3, -0.25) is 4.79 Å². The number of nitrogens with two attached hydrogens (primary N) is 1. The number of carbonyl (C=O) groups excluding carboxylic acids is 2. The molecule has 5 heteroatoms. The summed E-state index contributed by atoms with van der Waals surface area (Å²) in [6, 6.07) is 6.33.